The van der Waals surface area contributed by atoms with Crippen molar-refractivity contribution >= 4 is 25.6 Å². The molecule has 0 fully saturated rings. The molecular formula is C15H22N8O4S2. The highest BCUT2D eigenvalue weighted by atomic mass is 32.2. The number of benzene rings is 1. The Morgan fingerprint density at radius 2 is 2.00 bits per heavy atom. The van der Waals surface area contributed by atoms with E-state index in [0.717, 1.165) is 18.4 Å². The van der Waals surface area contributed by atoms with E-state index in [1.165, 1.54) is 12.1 Å². The Labute approximate surface area is 168 Å². The maximum Gasteiger partial charge on any atom is 0.241 e. The normalized spacial score (nSPS) is 17.9. The molecule has 1 heterocycles. The summed E-state index contributed by atoms with van der Waals surface area (Å²) in [7, 11) is -8.73. The number of sulfonamides is 2. The molecule has 1 aromatic heterocycles. The minimum Gasteiger partial charge on any atom is -0.329 e. The van der Waals surface area contributed by atoms with Gasteiger partial charge < -0.3 is 11.5 Å². The van der Waals surface area contributed by atoms with Crippen LogP contribution in [-0.2, 0) is 20.0 Å². The van der Waals surface area contributed by atoms with Gasteiger partial charge in [-0.3, -0.25) is 0 Å². The first-order valence-corrected chi connectivity index (χ1v) is 11.8. The zero-order valence-corrected chi connectivity index (χ0v) is 17.0. The van der Waals surface area contributed by atoms with Crippen LogP contribution in [0.5, 0.6) is 0 Å². The molecule has 158 valence electrons. The second kappa shape index (κ2) is 8.25. The lowest BCUT2D eigenvalue weighted by molar-refractivity contribution is 0.574. The van der Waals surface area contributed by atoms with Crippen molar-refractivity contribution in [3.8, 4) is 11.4 Å². The molecule has 12 nitrogen and oxygen atoms in total. The van der Waals surface area contributed by atoms with Gasteiger partial charge >= 0.3 is 0 Å². The number of tetrazole rings is 1. The second-order valence-electron chi connectivity index (χ2n) is 6.53. The molecule has 0 bridgehead atoms. The monoisotopic (exact) mass is 442 g/mol. The SMILES string of the molecule is NCCNS(=O)(=O)c1ccc(C2=CC(N)CCC2)c(-c2nn[nH]n2)c1S(N)(=O)=O. The first-order valence-electron chi connectivity index (χ1n) is 8.75. The van der Waals surface area contributed by atoms with Crippen LogP contribution in [0.2, 0.25) is 0 Å². The Morgan fingerprint density at radius 3 is 2.59 bits per heavy atom. The summed E-state index contributed by atoms with van der Waals surface area (Å²) in [6.45, 7) is -0.0454. The van der Waals surface area contributed by atoms with Crippen molar-refractivity contribution in [1.29, 1.82) is 0 Å². The van der Waals surface area contributed by atoms with Gasteiger partial charge in [0, 0.05) is 19.1 Å². The van der Waals surface area contributed by atoms with Gasteiger partial charge in [-0.05, 0) is 41.7 Å². The zero-order chi connectivity index (χ0) is 21.2. The summed E-state index contributed by atoms with van der Waals surface area (Å²) in [6.07, 6.45) is 4.02. The lowest BCUT2D eigenvalue weighted by Crippen LogP contribution is -2.31. The van der Waals surface area contributed by atoms with Crippen molar-refractivity contribution in [2.75, 3.05) is 13.1 Å². The van der Waals surface area contributed by atoms with E-state index in [-0.39, 0.29) is 30.5 Å². The molecule has 8 N–H and O–H groups in total. The molecular weight excluding hydrogens is 420 g/mol. The lowest BCUT2D eigenvalue weighted by Gasteiger charge is -2.22. The van der Waals surface area contributed by atoms with E-state index >= 15 is 0 Å². The summed E-state index contributed by atoms with van der Waals surface area (Å²) in [5, 5.41) is 18.9. The van der Waals surface area contributed by atoms with E-state index < -0.39 is 29.8 Å². The maximum atomic E-state index is 12.7. The highest BCUT2D eigenvalue weighted by Crippen LogP contribution is 2.39. The molecule has 14 heteroatoms. The van der Waals surface area contributed by atoms with Crippen molar-refractivity contribution < 1.29 is 16.8 Å². The number of aromatic nitrogens is 4. The number of primary sulfonamides is 1. The van der Waals surface area contributed by atoms with Gasteiger partial charge in [0.05, 0.1) is 5.56 Å². The van der Waals surface area contributed by atoms with Crippen molar-refractivity contribution in [2.45, 2.75) is 35.1 Å². The van der Waals surface area contributed by atoms with E-state index in [2.05, 4.69) is 25.3 Å². The van der Waals surface area contributed by atoms with E-state index in [1.54, 1.807) is 0 Å². The molecule has 1 atom stereocenters. The number of nitrogens with zero attached hydrogens (tertiary/aromatic N) is 3. The van der Waals surface area contributed by atoms with Crippen LogP contribution >= 0.6 is 0 Å². The standard InChI is InChI=1S/C15H22N8O4S2/c16-6-7-19-29(26,27)12-5-4-11(9-2-1-3-10(17)8-9)13(14(12)28(18,24)25)15-20-22-23-21-15/h4-5,8,10,19H,1-3,6-7,16-17H2,(H2,18,24,25)(H,20,21,22,23). The van der Waals surface area contributed by atoms with Crippen molar-refractivity contribution in [2.24, 2.45) is 16.6 Å². The molecule has 0 saturated heterocycles. The topological polar surface area (TPSA) is 213 Å². The van der Waals surface area contributed by atoms with Crippen molar-refractivity contribution in [1.82, 2.24) is 25.3 Å². The van der Waals surface area contributed by atoms with Gasteiger partial charge in [0.15, 0.2) is 0 Å². The highest BCUT2D eigenvalue weighted by molar-refractivity contribution is 7.92. The van der Waals surface area contributed by atoms with Gasteiger partial charge in [-0.15, -0.1) is 10.2 Å². The van der Waals surface area contributed by atoms with Gasteiger partial charge in [0.2, 0.25) is 25.9 Å². The molecule has 2 aromatic rings. The van der Waals surface area contributed by atoms with Gasteiger partial charge in [-0.25, -0.2) is 26.7 Å². The molecule has 1 aliphatic carbocycles. The minimum atomic E-state index is -4.50. The molecule has 0 radical (unpaired) electrons. The third-order valence-electron chi connectivity index (χ3n) is 4.45. The number of rotatable bonds is 7. The van der Waals surface area contributed by atoms with E-state index in [0.29, 0.717) is 12.0 Å². The Bertz CT molecular complexity index is 1130. The fraction of sp³-hybridized carbons (Fsp3) is 0.400. The lowest BCUT2D eigenvalue weighted by atomic mass is 9.88. The maximum absolute atomic E-state index is 12.7. The summed E-state index contributed by atoms with van der Waals surface area (Å²) in [4.78, 5) is -1.13. The summed E-state index contributed by atoms with van der Waals surface area (Å²) >= 11 is 0. The van der Waals surface area contributed by atoms with Gasteiger partial charge in [-0.2, -0.15) is 5.21 Å². The number of nitrogens with one attached hydrogen (secondary N) is 2. The van der Waals surface area contributed by atoms with Crippen LogP contribution in [0.3, 0.4) is 0 Å². The molecule has 1 aliphatic rings. The average molecular weight is 443 g/mol. The zero-order valence-electron chi connectivity index (χ0n) is 15.4. The van der Waals surface area contributed by atoms with Gasteiger partial charge in [0.25, 0.3) is 0 Å². The molecule has 29 heavy (non-hydrogen) atoms. The van der Waals surface area contributed by atoms with Crippen LogP contribution in [0.1, 0.15) is 24.8 Å². The largest absolute Gasteiger partial charge is 0.329 e. The Hall–Kier alpha value is -2.23. The summed E-state index contributed by atoms with van der Waals surface area (Å²) < 4.78 is 52.8. The molecule has 3 rings (SSSR count). The number of H-pyrrole nitrogens is 1. The Kier molecular flexibility index (Phi) is 6.11. The number of aromatic amines is 1. The molecule has 0 spiro atoms. The number of allylic oxidation sites excluding steroid dienone is 1. The fourth-order valence-electron chi connectivity index (χ4n) is 3.26. The van der Waals surface area contributed by atoms with E-state index in [4.69, 9.17) is 16.6 Å². The molecule has 1 aromatic carbocycles. The Morgan fingerprint density at radius 1 is 1.24 bits per heavy atom. The third kappa shape index (κ3) is 4.52. The quantitative estimate of drug-likeness (QED) is 0.342. The van der Waals surface area contributed by atoms with Crippen LogP contribution in [0.15, 0.2) is 28.0 Å². The smallest absolute Gasteiger partial charge is 0.241 e. The van der Waals surface area contributed by atoms with Crippen LogP contribution in [-0.4, -0.2) is 56.6 Å². The Balaban J connectivity index is 2.37. The number of nitrogens with two attached hydrogens (primary N) is 3. The first-order chi connectivity index (χ1) is 13.6. The summed E-state index contributed by atoms with van der Waals surface area (Å²) in [6, 6.07) is 2.49. The predicted octanol–water partition coefficient (Wildman–Crippen LogP) is -1.35. The second-order valence-corrected chi connectivity index (χ2v) is 9.76. The summed E-state index contributed by atoms with van der Waals surface area (Å²) in [5.41, 5.74) is 12.5. The number of hydrogen-bond donors (Lipinski definition) is 5. The average Bonchev–Trinajstić information content (AvgIpc) is 3.19. The van der Waals surface area contributed by atoms with Crippen LogP contribution < -0.4 is 21.3 Å². The van der Waals surface area contributed by atoms with Crippen LogP contribution in [0.4, 0.5) is 0 Å². The minimum absolute atomic E-state index is 0.0322. The van der Waals surface area contributed by atoms with Gasteiger partial charge in [0.1, 0.15) is 9.79 Å². The summed E-state index contributed by atoms with van der Waals surface area (Å²) in [5.74, 6) is -0.0973. The fourth-order valence-corrected chi connectivity index (χ4v) is 5.91. The van der Waals surface area contributed by atoms with Crippen molar-refractivity contribution in [3.63, 3.8) is 0 Å². The molecule has 0 aliphatic heterocycles. The highest BCUT2D eigenvalue weighted by Gasteiger charge is 2.32. The van der Waals surface area contributed by atoms with Crippen LogP contribution in [0, 0.1) is 0 Å². The van der Waals surface area contributed by atoms with E-state index in [9.17, 15) is 16.8 Å². The first kappa shape index (κ1) is 21.5. The van der Waals surface area contributed by atoms with Crippen LogP contribution in [0.25, 0.3) is 17.0 Å². The molecule has 1 unspecified atom stereocenters. The number of hydrogen-bond acceptors (Lipinski definition) is 9. The van der Waals surface area contributed by atoms with E-state index in [1.807, 2.05) is 6.08 Å². The van der Waals surface area contributed by atoms with Crippen molar-refractivity contribution in [3.05, 3.63) is 23.8 Å². The van der Waals surface area contributed by atoms with Gasteiger partial charge in [-0.1, -0.05) is 12.1 Å². The predicted molar refractivity (Wildman–Crippen MR) is 105 cm³/mol. The molecule has 0 amide bonds. The third-order valence-corrected chi connectivity index (χ3v) is 7.07. The molecule has 0 saturated carbocycles.